The number of benzene rings is 1. The predicted molar refractivity (Wildman–Crippen MR) is 404 cm³/mol. The second kappa shape index (κ2) is 32.5. The number of pyridine rings is 1. The van der Waals surface area contributed by atoms with Crippen molar-refractivity contribution < 1.29 is 138 Å². The van der Waals surface area contributed by atoms with E-state index in [4.69, 9.17) is 56.8 Å². The van der Waals surface area contributed by atoms with E-state index in [1.807, 2.05) is 7.11 Å². The lowest BCUT2D eigenvalue weighted by molar-refractivity contribution is -0.374. The maximum atomic E-state index is 15.4. The number of carbonyl (C=O) groups excluding carboxylic acids is 2. The number of rotatable bonds is 15. The molecular weight excluding hydrogens is 1550 g/mol. The van der Waals surface area contributed by atoms with Crippen LogP contribution in [0.2, 0.25) is 0 Å². The third-order valence-corrected chi connectivity index (χ3v) is 30.0. The highest BCUT2D eigenvalue weighted by atomic mass is 79.9. The van der Waals surface area contributed by atoms with Gasteiger partial charge in [-0.1, -0.05) is 72.2 Å². The number of fused-ring (bicyclic) bond motifs is 9. The number of hydrogen-bond acceptors (Lipinski definition) is 30. The van der Waals surface area contributed by atoms with Crippen molar-refractivity contribution >= 4 is 38.8 Å². The molecule has 3 aromatic rings. The summed E-state index contributed by atoms with van der Waals surface area (Å²) >= 11 is 3.35. The number of piperidine rings is 1. The SMILES string of the molecule is CC1OC(OC2CCC3(C)C(CCC4(C)C3CC=C3C5CC(C)(C)CCC5(C(=O)OC5OCC(O)C(O)C5OC5OC(C)C(OC6OC(CO)C(O)C(O)C6O)C(O)C5O)C(O)CC34C)C2(C)C)C(O)C(O)C1OC1OCC(O)C(O)C1O.COC12CC(COC(=O)c3cncc(Br)c3)CN(C)C1Cc1cn(C)c3cccc2c13. The number of likely N-dealkylation sites (N-methyl/N-ethyl adjacent to an activating group) is 1. The first-order valence-electron chi connectivity index (χ1n) is 40.5. The quantitative estimate of drug-likeness (QED) is 0.0588. The van der Waals surface area contributed by atoms with Gasteiger partial charge in [0.1, 0.15) is 103 Å². The molecule has 2 aromatic heterocycles. The number of likely N-dealkylation sites (tertiary alicyclic amines) is 1. The second-order valence-corrected chi connectivity index (χ2v) is 38.0. The zero-order valence-corrected chi connectivity index (χ0v) is 68.5. The van der Waals surface area contributed by atoms with Gasteiger partial charge in [-0.05, 0) is 176 Å². The third kappa shape index (κ3) is 14.7. The highest BCUT2D eigenvalue weighted by Crippen LogP contribution is 2.76. The molecule has 0 radical (unpaired) electrons. The summed E-state index contributed by atoms with van der Waals surface area (Å²) in [4.78, 5) is 34.4. The number of aromatic nitrogens is 2. The molecule has 15 rings (SSSR count). The van der Waals surface area contributed by atoms with E-state index in [1.54, 1.807) is 19.2 Å². The Morgan fingerprint density at radius 3 is 1.95 bits per heavy atom. The molecule has 35 atom stereocenters. The van der Waals surface area contributed by atoms with Gasteiger partial charge in [0.25, 0.3) is 0 Å². The Bertz CT molecular complexity index is 3970. The van der Waals surface area contributed by atoms with Gasteiger partial charge < -0.3 is 133 Å². The van der Waals surface area contributed by atoms with Gasteiger partial charge in [0.05, 0.1) is 56.4 Å². The van der Waals surface area contributed by atoms with Crippen LogP contribution >= 0.6 is 15.9 Å². The number of aliphatic hydroxyl groups excluding tert-OH is 14. The smallest absolute Gasteiger partial charge is 0.339 e. The Hall–Kier alpha value is -3.93. The predicted octanol–water partition coefficient (Wildman–Crippen LogP) is 2.00. The number of aliphatic hydroxyl groups is 14. The molecule has 35 unspecified atom stereocenters. The molecular formula is C82H120BrN3O28. The minimum absolute atomic E-state index is 0.129. The van der Waals surface area contributed by atoms with Crippen molar-refractivity contribution in [2.45, 2.75) is 298 Å². The van der Waals surface area contributed by atoms with Crippen molar-refractivity contribution in [3.63, 3.8) is 0 Å². The van der Waals surface area contributed by atoms with E-state index in [2.05, 4.69) is 123 Å². The van der Waals surface area contributed by atoms with Crippen molar-refractivity contribution in [3.05, 3.63) is 75.7 Å². The van der Waals surface area contributed by atoms with Gasteiger partial charge in [-0.3, -0.25) is 14.7 Å². The first-order valence-corrected chi connectivity index (χ1v) is 41.3. The molecule has 638 valence electrons. The molecule has 6 aliphatic carbocycles. The van der Waals surface area contributed by atoms with Gasteiger partial charge >= 0.3 is 11.9 Å². The van der Waals surface area contributed by atoms with E-state index in [9.17, 15) is 76.3 Å². The van der Waals surface area contributed by atoms with E-state index in [0.717, 1.165) is 48.7 Å². The fraction of sp³-hybridized carbons (Fsp3) is 0.793. The van der Waals surface area contributed by atoms with Crippen molar-refractivity contribution in [1.82, 2.24) is 14.5 Å². The summed E-state index contributed by atoms with van der Waals surface area (Å²) in [5.41, 5.74) is 1.62. The molecule has 8 heterocycles. The number of ether oxygens (including phenoxy) is 12. The molecule has 4 saturated carbocycles. The number of esters is 2. The molecule has 10 fully saturated rings. The minimum atomic E-state index is -1.93. The van der Waals surface area contributed by atoms with E-state index >= 15 is 4.79 Å². The first-order chi connectivity index (χ1) is 53.7. The van der Waals surface area contributed by atoms with Gasteiger partial charge in [0, 0.05) is 66.6 Å². The molecule has 6 saturated heterocycles. The van der Waals surface area contributed by atoms with Crippen LogP contribution < -0.4 is 0 Å². The minimum Gasteiger partial charge on any atom is -0.462 e. The van der Waals surface area contributed by atoms with Crippen LogP contribution in [0.1, 0.15) is 148 Å². The average molecular weight is 1680 g/mol. The summed E-state index contributed by atoms with van der Waals surface area (Å²) in [5, 5.41) is 154. The number of aryl methyl sites for hydroxylation is 1. The van der Waals surface area contributed by atoms with Crippen LogP contribution in [0, 0.1) is 56.2 Å². The van der Waals surface area contributed by atoms with Crippen LogP contribution in [0.5, 0.6) is 0 Å². The Kier molecular flexibility index (Phi) is 24.6. The topological polar surface area (TPSA) is 449 Å². The van der Waals surface area contributed by atoms with Crippen LogP contribution in [0.25, 0.3) is 10.9 Å². The third-order valence-electron chi connectivity index (χ3n) is 29.6. The number of methoxy groups -OCH3 is 1. The Morgan fingerprint density at radius 2 is 1.28 bits per heavy atom. The maximum absolute atomic E-state index is 15.4. The van der Waals surface area contributed by atoms with E-state index in [-0.39, 0.29) is 65.5 Å². The molecule has 31 nitrogen and oxygen atoms in total. The standard InChI is InChI=1S/C58H94O25.C24H26BrN3O3/c1-23-44(80-47-40(69)34(63)27(60)21-74-47)38(67)42(71)48(76-23)79-33-13-14-55(7)30(54(33,5)6)12-15-56(8)31(55)11-10-25-26-18-53(3,4)16-17-58(26,32(62)19-57(25,56)9)52(73)83-51-46(35(64)28(61)22-75-51)82-49-43(72)39(68)45(24(2)77-49)81-50-41(70)37(66)36(65)29(20-59)78-50;1-27-13-17-8-21-24(30-3,19-5-4-6-20(27)22(17)19)9-15(12-28(21)2)14-31-23(29)16-7-18(25)11-26-10-16/h10,23-24,26-51,59-72H,11-22H2,1-9H3;4-7,10-11,13,15,21H,8-9,12,14H2,1-3H3. The summed E-state index contributed by atoms with van der Waals surface area (Å²) in [6.07, 6.45) is -22.0. The molecule has 14 N–H and O–H groups in total. The summed E-state index contributed by atoms with van der Waals surface area (Å²) in [6.45, 7) is 18.4. The molecule has 0 spiro atoms. The fourth-order valence-corrected chi connectivity index (χ4v) is 23.5. The summed E-state index contributed by atoms with van der Waals surface area (Å²) in [6, 6.07) is 8.47. The second-order valence-electron chi connectivity index (χ2n) is 37.0. The number of nitrogens with zero attached hydrogens (tertiary/aromatic N) is 3. The van der Waals surface area contributed by atoms with Crippen LogP contribution in [-0.4, -0.2) is 305 Å². The number of allylic oxidation sites excluding steroid dienone is 2. The number of carbonyl (C=O) groups is 2. The Morgan fingerprint density at radius 1 is 0.658 bits per heavy atom. The summed E-state index contributed by atoms with van der Waals surface area (Å²) < 4.78 is 74.6. The molecule has 6 aliphatic heterocycles. The molecule has 0 bridgehead atoms. The Balaban J connectivity index is 0.000000287. The van der Waals surface area contributed by atoms with Crippen LogP contribution in [0.4, 0.5) is 0 Å². The zero-order chi connectivity index (χ0) is 82.3. The van der Waals surface area contributed by atoms with E-state index in [0.29, 0.717) is 37.9 Å². The van der Waals surface area contributed by atoms with Crippen molar-refractivity contribution in [3.8, 4) is 0 Å². The summed E-state index contributed by atoms with van der Waals surface area (Å²) in [7, 11) is 6.07. The lowest BCUT2D eigenvalue weighted by atomic mass is 9.33. The van der Waals surface area contributed by atoms with Gasteiger partial charge in [-0.25, -0.2) is 4.79 Å². The molecule has 0 amide bonds. The first kappa shape index (κ1) is 86.5. The lowest BCUT2D eigenvalue weighted by Crippen LogP contribution is -2.68. The normalized spacial score (nSPS) is 47.1. The summed E-state index contributed by atoms with van der Waals surface area (Å²) in [5.74, 6) is -1.18. The van der Waals surface area contributed by atoms with Crippen LogP contribution in [-0.2, 0) is 80.7 Å². The fourth-order valence-electron chi connectivity index (χ4n) is 23.1. The lowest BCUT2D eigenvalue weighted by Gasteiger charge is -2.71. The van der Waals surface area contributed by atoms with Crippen LogP contribution in [0.15, 0.2) is 59.0 Å². The Labute approximate surface area is 672 Å². The molecule has 114 heavy (non-hydrogen) atoms. The van der Waals surface area contributed by atoms with Gasteiger partial charge in [-0.15, -0.1) is 0 Å². The van der Waals surface area contributed by atoms with Crippen molar-refractivity contribution in [2.24, 2.45) is 63.2 Å². The monoisotopic (exact) mass is 1670 g/mol. The highest BCUT2D eigenvalue weighted by molar-refractivity contribution is 9.10. The molecule has 32 heteroatoms. The number of halogens is 1. The van der Waals surface area contributed by atoms with Crippen molar-refractivity contribution in [2.75, 3.05) is 47.1 Å². The van der Waals surface area contributed by atoms with Crippen LogP contribution in [0.3, 0.4) is 0 Å². The van der Waals surface area contributed by atoms with E-state index in [1.165, 1.54) is 35.2 Å². The zero-order valence-electron chi connectivity index (χ0n) is 66.9. The molecule has 12 aliphatic rings. The highest BCUT2D eigenvalue weighted by Gasteiger charge is 2.73. The van der Waals surface area contributed by atoms with E-state index < -0.39 is 200 Å². The maximum Gasteiger partial charge on any atom is 0.339 e. The van der Waals surface area contributed by atoms with Crippen molar-refractivity contribution in [1.29, 1.82) is 0 Å². The van der Waals surface area contributed by atoms with Gasteiger partial charge in [0.15, 0.2) is 31.3 Å². The largest absolute Gasteiger partial charge is 0.462 e. The van der Waals surface area contributed by atoms with Gasteiger partial charge in [0.2, 0.25) is 6.29 Å². The average Bonchev–Trinajstić information content (AvgIpc) is 0.790. The van der Waals surface area contributed by atoms with Gasteiger partial charge in [-0.2, -0.15) is 0 Å². The number of hydrogen-bond donors (Lipinski definition) is 14. The molecule has 1 aromatic carbocycles.